The summed E-state index contributed by atoms with van der Waals surface area (Å²) in [5.74, 6) is 0.0540. The number of piperidine rings is 1. The molecule has 3 N–H and O–H groups in total. The minimum Gasteiger partial charge on any atom is -0.399 e. The third kappa shape index (κ3) is 2.91. The van der Waals surface area contributed by atoms with Gasteiger partial charge in [-0.25, -0.2) is 0 Å². The number of nitrogen functional groups attached to an aromatic ring is 1. The van der Waals surface area contributed by atoms with Crippen LogP contribution in [-0.2, 0) is 4.79 Å². The number of pyridine rings is 1. The number of benzene rings is 1. The van der Waals surface area contributed by atoms with Crippen molar-refractivity contribution in [2.45, 2.75) is 25.8 Å². The Morgan fingerprint density at radius 3 is 2.81 bits per heavy atom. The summed E-state index contributed by atoms with van der Waals surface area (Å²) in [5.41, 5.74) is 8.68. The van der Waals surface area contributed by atoms with Gasteiger partial charge >= 0.3 is 0 Å². The van der Waals surface area contributed by atoms with E-state index in [9.17, 15) is 4.79 Å². The number of fused-ring (bicyclic) bond motifs is 1. The maximum atomic E-state index is 11.1. The average molecular weight is 284 g/mol. The first-order chi connectivity index (χ1) is 10.1. The van der Waals surface area contributed by atoms with Crippen molar-refractivity contribution in [2.24, 2.45) is 0 Å². The van der Waals surface area contributed by atoms with E-state index in [1.807, 2.05) is 24.4 Å². The van der Waals surface area contributed by atoms with Gasteiger partial charge in [0.1, 0.15) is 0 Å². The molecule has 1 aromatic heterocycles. The summed E-state index contributed by atoms with van der Waals surface area (Å²) in [6.45, 7) is 3.45. The topological polar surface area (TPSA) is 71.2 Å². The van der Waals surface area contributed by atoms with Crippen molar-refractivity contribution in [1.29, 1.82) is 0 Å². The zero-order valence-corrected chi connectivity index (χ0v) is 12.2. The number of nitrogens with zero attached hydrogens (tertiary/aromatic N) is 2. The lowest BCUT2D eigenvalue weighted by molar-refractivity contribution is -0.119. The molecule has 2 aromatic rings. The largest absolute Gasteiger partial charge is 0.399 e. The van der Waals surface area contributed by atoms with Gasteiger partial charge < -0.3 is 16.0 Å². The van der Waals surface area contributed by atoms with Gasteiger partial charge in [0.15, 0.2) is 0 Å². The summed E-state index contributed by atoms with van der Waals surface area (Å²) in [6.07, 6.45) is 3.77. The van der Waals surface area contributed by atoms with Crippen LogP contribution in [0.25, 0.3) is 10.9 Å². The van der Waals surface area contributed by atoms with Gasteiger partial charge in [0.05, 0.1) is 5.52 Å². The van der Waals surface area contributed by atoms with Crippen molar-refractivity contribution in [3.63, 3.8) is 0 Å². The van der Waals surface area contributed by atoms with Crippen LogP contribution >= 0.6 is 0 Å². The van der Waals surface area contributed by atoms with Crippen LogP contribution in [0.3, 0.4) is 0 Å². The standard InChI is InChI=1S/C16H20N4O/c1-11(21)19-13-5-8-20(9-6-13)16-4-7-18-15-10-12(17)2-3-14(15)16/h2-4,7,10,13H,5-6,8-9,17H2,1H3,(H,19,21). The Labute approximate surface area is 124 Å². The highest BCUT2D eigenvalue weighted by Crippen LogP contribution is 2.28. The lowest BCUT2D eigenvalue weighted by atomic mass is 10.0. The molecule has 0 atom stereocenters. The first kappa shape index (κ1) is 13.7. The summed E-state index contributed by atoms with van der Waals surface area (Å²) in [6, 6.07) is 8.20. The molecule has 0 radical (unpaired) electrons. The fourth-order valence-electron chi connectivity index (χ4n) is 2.98. The maximum Gasteiger partial charge on any atom is 0.217 e. The molecular formula is C16H20N4O. The van der Waals surface area contributed by atoms with E-state index in [2.05, 4.69) is 21.3 Å². The smallest absolute Gasteiger partial charge is 0.217 e. The lowest BCUT2D eigenvalue weighted by Crippen LogP contribution is -2.44. The lowest BCUT2D eigenvalue weighted by Gasteiger charge is -2.34. The number of rotatable bonds is 2. The Bertz CT molecular complexity index is 662. The number of anilines is 2. The van der Waals surface area contributed by atoms with Gasteiger partial charge in [-0.15, -0.1) is 0 Å². The number of nitrogens with two attached hydrogens (primary N) is 1. The molecular weight excluding hydrogens is 264 g/mol. The maximum absolute atomic E-state index is 11.1. The first-order valence-corrected chi connectivity index (χ1v) is 7.30. The predicted molar refractivity (Wildman–Crippen MR) is 85.2 cm³/mol. The van der Waals surface area contributed by atoms with Crippen molar-refractivity contribution in [3.05, 3.63) is 30.5 Å². The molecule has 21 heavy (non-hydrogen) atoms. The molecule has 1 amide bonds. The van der Waals surface area contributed by atoms with E-state index in [1.165, 1.54) is 5.69 Å². The van der Waals surface area contributed by atoms with Gasteiger partial charge in [-0.1, -0.05) is 0 Å². The molecule has 1 aliphatic heterocycles. The fraction of sp³-hybridized carbons (Fsp3) is 0.375. The molecule has 3 rings (SSSR count). The van der Waals surface area contributed by atoms with Gasteiger partial charge in [-0.05, 0) is 37.1 Å². The van der Waals surface area contributed by atoms with Crippen LogP contribution in [0.4, 0.5) is 11.4 Å². The molecule has 1 saturated heterocycles. The SMILES string of the molecule is CC(=O)NC1CCN(c2ccnc3cc(N)ccc23)CC1. The molecule has 1 aromatic carbocycles. The van der Waals surface area contributed by atoms with Crippen LogP contribution < -0.4 is 16.0 Å². The summed E-state index contributed by atoms with van der Waals surface area (Å²) in [4.78, 5) is 17.9. The predicted octanol–water partition coefficient (Wildman–Crippen LogP) is 1.92. The zero-order chi connectivity index (χ0) is 14.8. The molecule has 0 saturated carbocycles. The van der Waals surface area contributed by atoms with E-state index in [-0.39, 0.29) is 5.91 Å². The van der Waals surface area contributed by atoms with E-state index in [0.717, 1.165) is 42.5 Å². The first-order valence-electron chi connectivity index (χ1n) is 7.30. The van der Waals surface area contributed by atoms with Crippen molar-refractivity contribution >= 4 is 28.2 Å². The number of amides is 1. The van der Waals surface area contributed by atoms with E-state index in [1.54, 1.807) is 6.92 Å². The minimum atomic E-state index is 0.0540. The second-order valence-corrected chi connectivity index (χ2v) is 5.57. The minimum absolute atomic E-state index is 0.0540. The highest BCUT2D eigenvalue weighted by Gasteiger charge is 2.21. The highest BCUT2D eigenvalue weighted by atomic mass is 16.1. The Morgan fingerprint density at radius 2 is 2.10 bits per heavy atom. The number of hydrogen-bond donors (Lipinski definition) is 2. The van der Waals surface area contributed by atoms with Crippen LogP contribution in [0.5, 0.6) is 0 Å². The quantitative estimate of drug-likeness (QED) is 0.827. The van der Waals surface area contributed by atoms with Crippen molar-refractivity contribution in [3.8, 4) is 0 Å². The number of carbonyl (C=O) groups excluding carboxylic acids is 1. The zero-order valence-electron chi connectivity index (χ0n) is 12.2. The van der Waals surface area contributed by atoms with Gasteiger partial charge in [0, 0.05) is 49.0 Å². The van der Waals surface area contributed by atoms with Crippen molar-refractivity contribution in [2.75, 3.05) is 23.7 Å². The fourth-order valence-corrected chi connectivity index (χ4v) is 2.98. The number of hydrogen-bond acceptors (Lipinski definition) is 4. The second kappa shape index (κ2) is 5.60. The van der Waals surface area contributed by atoms with Gasteiger partial charge in [0.25, 0.3) is 0 Å². The average Bonchev–Trinajstić information content (AvgIpc) is 2.46. The molecule has 110 valence electrons. The summed E-state index contributed by atoms with van der Waals surface area (Å²) in [7, 11) is 0. The Morgan fingerprint density at radius 1 is 1.33 bits per heavy atom. The molecule has 1 aliphatic rings. The Kier molecular flexibility index (Phi) is 3.64. The molecule has 0 spiro atoms. The van der Waals surface area contributed by atoms with Crippen LogP contribution in [0.2, 0.25) is 0 Å². The summed E-state index contributed by atoms with van der Waals surface area (Å²) in [5, 5.41) is 4.13. The molecule has 5 nitrogen and oxygen atoms in total. The summed E-state index contributed by atoms with van der Waals surface area (Å²) >= 11 is 0. The highest BCUT2D eigenvalue weighted by molar-refractivity contribution is 5.93. The van der Waals surface area contributed by atoms with Crippen molar-refractivity contribution < 1.29 is 4.79 Å². The third-order valence-electron chi connectivity index (χ3n) is 3.99. The van der Waals surface area contributed by atoms with Gasteiger partial charge in [0.2, 0.25) is 5.91 Å². The molecule has 0 bridgehead atoms. The van der Waals surface area contributed by atoms with E-state index < -0.39 is 0 Å². The second-order valence-electron chi connectivity index (χ2n) is 5.57. The number of carbonyl (C=O) groups is 1. The summed E-state index contributed by atoms with van der Waals surface area (Å²) < 4.78 is 0. The number of aromatic nitrogens is 1. The van der Waals surface area contributed by atoms with Gasteiger partial charge in [-0.2, -0.15) is 0 Å². The van der Waals surface area contributed by atoms with E-state index in [4.69, 9.17) is 5.73 Å². The number of nitrogens with one attached hydrogen (secondary N) is 1. The van der Waals surface area contributed by atoms with Crippen LogP contribution in [-0.4, -0.2) is 30.0 Å². The molecule has 1 fully saturated rings. The monoisotopic (exact) mass is 284 g/mol. The van der Waals surface area contributed by atoms with E-state index >= 15 is 0 Å². The molecule has 0 aliphatic carbocycles. The normalized spacial score (nSPS) is 16.1. The molecule has 0 unspecified atom stereocenters. The van der Waals surface area contributed by atoms with Crippen LogP contribution in [0.15, 0.2) is 30.5 Å². The van der Waals surface area contributed by atoms with Crippen LogP contribution in [0, 0.1) is 0 Å². The molecule has 5 heteroatoms. The Balaban J connectivity index is 1.81. The van der Waals surface area contributed by atoms with Gasteiger partial charge in [-0.3, -0.25) is 9.78 Å². The third-order valence-corrected chi connectivity index (χ3v) is 3.99. The van der Waals surface area contributed by atoms with Crippen molar-refractivity contribution in [1.82, 2.24) is 10.3 Å². The van der Waals surface area contributed by atoms with Crippen LogP contribution in [0.1, 0.15) is 19.8 Å². The Hall–Kier alpha value is -2.30. The molecule has 2 heterocycles. The van der Waals surface area contributed by atoms with E-state index in [0.29, 0.717) is 6.04 Å².